The molecule has 132 valence electrons. The number of hydrogen-bond donors (Lipinski definition) is 2. The fourth-order valence-electron chi connectivity index (χ4n) is 2.18. The van der Waals surface area contributed by atoms with E-state index in [4.69, 9.17) is 18.0 Å². The number of nitrogen functional groups attached to an aromatic ring is 1. The molecule has 0 radical (unpaired) electrons. The van der Waals surface area contributed by atoms with E-state index in [0.29, 0.717) is 11.3 Å². The van der Waals surface area contributed by atoms with Crippen molar-refractivity contribution in [1.29, 1.82) is 0 Å². The van der Waals surface area contributed by atoms with Crippen molar-refractivity contribution in [1.82, 2.24) is 19.4 Å². The summed E-state index contributed by atoms with van der Waals surface area (Å²) in [5.41, 5.74) is 9.75. The van der Waals surface area contributed by atoms with Gasteiger partial charge >= 0.3 is 0 Å². The first kappa shape index (κ1) is 17.2. The van der Waals surface area contributed by atoms with Gasteiger partial charge in [-0.15, -0.1) is 5.10 Å². The van der Waals surface area contributed by atoms with Gasteiger partial charge in [0.2, 0.25) is 10.7 Å². The topological polar surface area (TPSA) is 134 Å². The molecule has 0 aliphatic heterocycles. The fourth-order valence-corrected chi connectivity index (χ4v) is 2.43. The highest BCUT2D eigenvalue weighted by Crippen LogP contribution is 2.14. The molecule has 10 nitrogen and oxygen atoms in total. The molecule has 2 heterocycles. The van der Waals surface area contributed by atoms with Crippen molar-refractivity contribution in [3.05, 3.63) is 69.2 Å². The van der Waals surface area contributed by atoms with Crippen LogP contribution in [0.15, 0.2) is 48.8 Å². The molecule has 0 fully saturated rings. The summed E-state index contributed by atoms with van der Waals surface area (Å²) in [6, 6.07) is 8.76. The summed E-state index contributed by atoms with van der Waals surface area (Å²) >= 11 is 5.30. The second kappa shape index (κ2) is 7.11. The Morgan fingerprint density at radius 2 is 1.88 bits per heavy atom. The van der Waals surface area contributed by atoms with Crippen LogP contribution >= 0.6 is 12.2 Å². The largest absolute Gasteiger partial charge is 0.366 e. The molecule has 0 aliphatic rings. The molecular formula is C15H13N7O3S. The van der Waals surface area contributed by atoms with E-state index in [9.17, 15) is 14.9 Å². The van der Waals surface area contributed by atoms with Crippen LogP contribution in [0.2, 0.25) is 0 Å². The molecule has 0 spiro atoms. The number of anilines is 2. The maximum Gasteiger partial charge on any atom is 0.269 e. The molecule has 0 saturated carbocycles. The third-order valence-electron chi connectivity index (χ3n) is 3.48. The predicted octanol–water partition coefficient (Wildman–Crippen LogP) is 2.06. The Morgan fingerprint density at radius 3 is 2.50 bits per heavy atom. The van der Waals surface area contributed by atoms with Gasteiger partial charge in [-0.1, -0.05) is 0 Å². The number of ketones is 1. The molecule has 3 rings (SSSR count). The monoisotopic (exact) mass is 371 g/mol. The molecule has 0 saturated heterocycles. The van der Waals surface area contributed by atoms with Crippen LogP contribution in [0, 0.1) is 14.9 Å². The van der Waals surface area contributed by atoms with E-state index >= 15 is 0 Å². The number of carbonyl (C=O) groups excluding carboxylic acids is 1. The summed E-state index contributed by atoms with van der Waals surface area (Å²) in [6.07, 6.45) is 3.20. The first-order valence-corrected chi connectivity index (χ1v) is 7.76. The van der Waals surface area contributed by atoms with Gasteiger partial charge in [-0.05, 0) is 36.5 Å². The smallest absolute Gasteiger partial charge is 0.269 e. The third kappa shape index (κ3) is 3.57. The Balaban J connectivity index is 1.80. The SMILES string of the molecule is Nc1nn(CC(=O)c2ccc([N+](=O)[O-])cc2)c(=S)n1Nc1ccncc1. The van der Waals surface area contributed by atoms with Gasteiger partial charge in [0.1, 0.15) is 6.54 Å². The van der Waals surface area contributed by atoms with Gasteiger partial charge in [-0.25, -0.2) is 4.68 Å². The normalized spacial score (nSPS) is 10.5. The van der Waals surface area contributed by atoms with Gasteiger partial charge in [-0.3, -0.25) is 25.3 Å². The van der Waals surface area contributed by atoms with Crippen molar-refractivity contribution in [2.24, 2.45) is 0 Å². The van der Waals surface area contributed by atoms with Crippen LogP contribution in [0.25, 0.3) is 0 Å². The van der Waals surface area contributed by atoms with Crippen LogP contribution in [-0.4, -0.2) is 30.1 Å². The number of benzene rings is 1. The zero-order chi connectivity index (χ0) is 18.7. The number of carbonyl (C=O) groups is 1. The molecule has 0 aliphatic carbocycles. The van der Waals surface area contributed by atoms with Crippen molar-refractivity contribution in [2.45, 2.75) is 6.54 Å². The fraction of sp³-hybridized carbons (Fsp3) is 0.0667. The molecule has 2 aromatic heterocycles. The molecule has 0 atom stereocenters. The molecule has 0 unspecified atom stereocenters. The van der Waals surface area contributed by atoms with E-state index < -0.39 is 4.92 Å². The zero-order valence-electron chi connectivity index (χ0n) is 13.3. The molecule has 0 bridgehead atoms. The van der Waals surface area contributed by atoms with Crippen LogP contribution in [0.5, 0.6) is 0 Å². The van der Waals surface area contributed by atoms with Gasteiger partial charge in [0.25, 0.3) is 5.69 Å². The quantitative estimate of drug-likeness (QED) is 0.291. The number of nitrogens with zero attached hydrogens (tertiary/aromatic N) is 5. The van der Waals surface area contributed by atoms with Gasteiger partial charge in [0.15, 0.2) is 5.78 Å². The third-order valence-corrected chi connectivity index (χ3v) is 3.87. The summed E-state index contributed by atoms with van der Waals surface area (Å²) in [7, 11) is 0. The van der Waals surface area contributed by atoms with Crippen molar-refractivity contribution >= 4 is 35.3 Å². The lowest BCUT2D eigenvalue weighted by Gasteiger charge is -2.07. The first-order valence-electron chi connectivity index (χ1n) is 7.36. The average Bonchev–Trinajstić information content (AvgIpc) is 2.90. The van der Waals surface area contributed by atoms with Crippen LogP contribution in [0.1, 0.15) is 10.4 Å². The minimum absolute atomic E-state index is 0.0864. The summed E-state index contributed by atoms with van der Waals surface area (Å²) in [6.45, 7) is -0.147. The lowest BCUT2D eigenvalue weighted by Crippen LogP contribution is -2.14. The molecule has 3 N–H and O–H groups in total. The number of aromatic nitrogens is 4. The minimum atomic E-state index is -0.530. The Hall–Kier alpha value is -3.60. The summed E-state index contributed by atoms with van der Waals surface area (Å²) in [5, 5.41) is 14.7. The first-order chi connectivity index (χ1) is 12.5. The van der Waals surface area contributed by atoms with Crippen molar-refractivity contribution < 1.29 is 9.72 Å². The highest BCUT2D eigenvalue weighted by atomic mass is 32.1. The molecule has 0 amide bonds. The Kier molecular flexibility index (Phi) is 4.71. The van der Waals surface area contributed by atoms with Crippen LogP contribution < -0.4 is 11.2 Å². The van der Waals surface area contributed by atoms with Crippen molar-refractivity contribution in [2.75, 3.05) is 11.2 Å². The summed E-state index contributed by atoms with van der Waals surface area (Å²) < 4.78 is 2.85. The number of Topliss-reactive ketones (excluding diaryl/α,β-unsaturated/α-hetero) is 1. The Bertz CT molecular complexity index is 1010. The van der Waals surface area contributed by atoms with E-state index in [0.717, 1.165) is 0 Å². The average molecular weight is 371 g/mol. The molecule has 11 heteroatoms. The summed E-state index contributed by atoms with van der Waals surface area (Å²) in [5.74, 6) is -0.215. The van der Waals surface area contributed by atoms with Gasteiger partial charge < -0.3 is 5.73 Å². The number of rotatable bonds is 6. The zero-order valence-corrected chi connectivity index (χ0v) is 14.1. The van der Waals surface area contributed by atoms with Crippen molar-refractivity contribution in [3.63, 3.8) is 0 Å². The van der Waals surface area contributed by atoms with E-state index in [2.05, 4.69) is 15.5 Å². The van der Waals surface area contributed by atoms with E-state index in [1.807, 2.05) is 0 Å². The van der Waals surface area contributed by atoms with E-state index in [1.54, 1.807) is 24.5 Å². The maximum absolute atomic E-state index is 12.4. The Morgan fingerprint density at radius 1 is 1.23 bits per heavy atom. The highest BCUT2D eigenvalue weighted by Gasteiger charge is 2.14. The number of non-ortho nitro benzene ring substituents is 1. The van der Waals surface area contributed by atoms with E-state index in [-0.39, 0.29) is 28.7 Å². The number of nitrogens with one attached hydrogen (secondary N) is 1. The number of nitrogens with two attached hydrogens (primary N) is 1. The summed E-state index contributed by atoms with van der Waals surface area (Å²) in [4.78, 5) is 26.4. The number of hydrogen-bond acceptors (Lipinski definition) is 8. The van der Waals surface area contributed by atoms with Crippen LogP contribution in [-0.2, 0) is 6.54 Å². The van der Waals surface area contributed by atoms with Gasteiger partial charge in [0.05, 0.1) is 10.6 Å². The van der Waals surface area contributed by atoms with Crippen LogP contribution in [0.4, 0.5) is 17.3 Å². The maximum atomic E-state index is 12.4. The molecule has 1 aromatic carbocycles. The standard InChI is InChI=1S/C15H13N7O3S/c16-14-19-20(15(26)21(14)18-11-5-7-17-8-6-11)9-13(23)10-1-3-12(4-2-10)22(24)25/h1-8H,9H2,(H2,16,19)(H,17,18). The van der Waals surface area contributed by atoms with E-state index in [1.165, 1.54) is 33.6 Å². The second-order valence-corrected chi connectivity index (χ2v) is 5.57. The highest BCUT2D eigenvalue weighted by molar-refractivity contribution is 7.71. The lowest BCUT2D eigenvalue weighted by atomic mass is 10.1. The van der Waals surface area contributed by atoms with Crippen molar-refractivity contribution in [3.8, 4) is 0 Å². The predicted molar refractivity (Wildman–Crippen MR) is 96.1 cm³/mol. The Labute approximate surface area is 152 Å². The lowest BCUT2D eigenvalue weighted by molar-refractivity contribution is -0.384. The molecule has 3 aromatic rings. The molecule has 26 heavy (non-hydrogen) atoms. The number of nitro groups is 1. The van der Waals surface area contributed by atoms with Gasteiger partial charge in [0, 0.05) is 30.1 Å². The minimum Gasteiger partial charge on any atom is -0.366 e. The van der Waals surface area contributed by atoms with Crippen LogP contribution in [0.3, 0.4) is 0 Å². The second-order valence-electron chi connectivity index (χ2n) is 5.21. The van der Waals surface area contributed by atoms with Gasteiger partial charge in [-0.2, -0.15) is 4.68 Å². The molecular weight excluding hydrogens is 358 g/mol. The number of nitro benzene ring substituents is 1. The number of pyridine rings is 1.